The molecule has 3 atom stereocenters. The monoisotopic (exact) mass is 401 g/mol. The van der Waals surface area contributed by atoms with Crippen molar-refractivity contribution < 1.29 is 5.11 Å². The Balaban J connectivity index is 1.33. The van der Waals surface area contributed by atoms with Gasteiger partial charge in [0.25, 0.3) is 0 Å². The maximum atomic E-state index is 10.6. The molecule has 2 aliphatic heterocycles. The summed E-state index contributed by atoms with van der Waals surface area (Å²) < 4.78 is 3.79. The Morgan fingerprint density at radius 1 is 1.00 bits per heavy atom. The van der Waals surface area contributed by atoms with Crippen LogP contribution in [0.5, 0.6) is 5.75 Å². The van der Waals surface area contributed by atoms with E-state index in [1.165, 1.54) is 12.8 Å². The lowest BCUT2D eigenvalue weighted by Crippen LogP contribution is -2.39. The zero-order valence-electron chi connectivity index (χ0n) is 16.7. The molecule has 0 amide bonds. The smallest absolute Gasteiger partial charge is 0.180 e. The molecule has 2 aliphatic rings. The molecule has 2 N–H and O–H groups in total. The summed E-state index contributed by atoms with van der Waals surface area (Å²) in [5, 5.41) is 33.0. The lowest BCUT2D eigenvalue weighted by molar-refractivity contribution is 0.286. The van der Waals surface area contributed by atoms with Gasteiger partial charge < -0.3 is 10.4 Å². The SMILES string of the molecule is Cn1cc(-c2ccc(-c3cc4cnn(C5C[C@H]6CC[C@@H](C5)N6)c4nn3)c(O)c2)cn1. The highest BCUT2D eigenvalue weighted by Crippen LogP contribution is 2.36. The average Bonchev–Trinajstić information content (AvgIpc) is 3.45. The normalized spacial score (nSPS) is 23.3. The van der Waals surface area contributed by atoms with Crippen LogP contribution in [-0.2, 0) is 7.05 Å². The maximum Gasteiger partial charge on any atom is 0.180 e. The number of phenolic OH excluding ortho intramolecular Hbond substituents is 1. The summed E-state index contributed by atoms with van der Waals surface area (Å²) >= 11 is 0. The zero-order valence-corrected chi connectivity index (χ0v) is 16.7. The molecule has 2 saturated heterocycles. The molecule has 0 saturated carbocycles. The van der Waals surface area contributed by atoms with E-state index in [9.17, 15) is 5.11 Å². The fourth-order valence-electron chi connectivity index (χ4n) is 4.98. The van der Waals surface area contributed by atoms with Crippen LogP contribution >= 0.6 is 0 Å². The number of piperidine rings is 1. The topological polar surface area (TPSA) is 93.7 Å². The minimum Gasteiger partial charge on any atom is -0.507 e. The van der Waals surface area contributed by atoms with Crippen molar-refractivity contribution in [1.29, 1.82) is 0 Å². The first-order chi connectivity index (χ1) is 14.6. The van der Waals surface area contributed by atoms with Crippen LogP contribution < -0.4 is 5.32 Å². The van der Waals surface area contributed by atoms with Gasteiger partial charge in [0.2, 0.25) is 0 Å². The van der Waals surface area contributed by atoms with E-state index < -0.39 is 0 Å². The molecule has 0 aliphatic carbocycles. The summed E-state index contributed by atoms with van der Waals surface area (Å²) in [7, 11) is 1.87. The van der Waals surface area contributed by atoms with Gasteiger partial charge in [0.15, 0.2) is 5.65 Å². The van der Waals surface area contributed by atoms with Crippen LogP contribution in [-0.4, -0.2) is 46.9 Å². The van der Waals surface area contributed by atoms with Crippen LogP contribution in [0, 0.1) is 0 Å². The van der Waals surface area contributed by atoms with E-state index in [0.29, 0.717) is 29.4 Å². The lowest BCUT2D eigenvalue weighted by Gasteiger charge is -2.29. The van der Waals surface area contributed by atoms with E-state index in [-0.39, 0.29) is 5.75 Å². The van der Waals surface area contributed by atoms with Crippen molar-refractivity contribution in [3.05, 3.63) is 42.9 Å². The zero-order chi connectivity index (χ0) is 20.2. The second kappa shape index (κ2) is 6.63. The highest BCUT2D eigenvalue weighted by atomic mass is 16.3. The first-order valence-corrected chi connectivity index (χ1v) is 10.4. The summed E-state index contributed by atoms with van der Waals surface area (Å²) in [5.74, 6) is 0.173. The third-order valence-corrected chi connectivity index (χ3v) is 6.45. The summed E-state index contributed by atoms with van der Waals surface area (Å²) in [5.41, 5.74) is 3.98. The van der Waals surface area contributed by atoms with Crippen molar-refractivity contribution in [3.8, 4) is 28.1 Å². The van der Waals surface area contributed by atoms with Gasteiger partial charge >= 0.3 is 0 Å². The number of aromatic nitrogens is 6. The molecule has 0 radical (unpaired) electrons. The first-order valence-electron chi connectivity index (χ1n) is 10.4. The Bertz CT molecular complexity index is 1230. The van der Waals surface area contributed by atoms with E-state index in [0.717, 1.165) is 35.0 Å². The van der Waals surface area contributed by atoms with Gasteiger partial charge in [-0.25, -0.2) is 4.68 Å². The van der Waals surface area contributed by atoms with Gasteiger partial charge in [-0.05, 0) is 49.4 Å². The van der Waals surface area contributed by atoms with Crippen molar-refractivity contribution in [2.75, 3.05) is 0 Å². The van der Waals surface area contributed by atoms with Gasteiger partial charge in [0, 0.05) is 41.8 Å². The van der Waals surface area contributed by atoms with Gasteiger partial charge in [-0.1, -0.05) is 6.07 Å². The summed E-state index contributed by atoms with van der Waals surface area (Å²) in [6.07, 6.45) is 10.2. The van der Waals surface area contributed by atoms with E-state index in [1.807, 2.05) is 42.3 Å². The minimum atomic E-state index is 0.173. The van der Waals surface area contributed by atoms with Crippen molar-refractivity contribution in [2.45, 2.75) is 43.8 Å². The molecule has 8 nitrogen and oxygen atoms in total. The number of phenols is 1. The maximum absolute atomic E-state index is 10.6. The van der Waals surface area contributed by atoms with E-state index in [4.69, 9.17) is 0 Å². The van der Waals surface area contributed by atoms with E-state index in [2.05, 4.69) is 25.7 Å². The van der Waals surface area contributed by atoms with Crippen LogP contribution in [0.4, 0.5) is 0 Å². The highest BCUT2D eigenvalue weighted by molar-refractivity contribution is 5.81. The van der Waals surface area contributed by atoms with Gasteiger partial charge in [-0.15, -0.1) is 10.2 Å². The molecule has 30 heavy (non-hydrogen) atoms. The van der Waals surface area contributed by atoms with Gasteiger partial charge in [0.05, 0.1) is 24.1 Å². The Kier molecular flexibility index (Phi) is 3.89. The number of aromatic hydroxyl groups is 1. The lowest BCUT2D eigenvalue weighted by atomic mass is 10.00. The number of rotatable bonds is 3. The molecule has 4 aromatic rings. The molecule has 2 fully saturated rings. The largest absolute Gasteiger partial charge is 0.507 e. The number of benzene rings is 1. The molecule has 1 unspecified atom stereocenters. The third kappa shape index (κ3) is 2.87. The number of nitrogens with zero attached hydrogens (tertiary/aromatic N) is 6. The Hall–Kier alpha value is -3.26. The number of nitrogens with one attached hydrogen (secondary N) is 1. The quantitative estimate of drug-likeness (QED) is 0.548. The number of hydrogen-bond acceptors (Lipinski definition) is 6. The third-order valence-electron chi connectivity index (χ3n) is 6.45. The molecule has 8 heteroatoms. The number of fused-ring (bicyclic) bond motifs is 3. The Morgan fingerprint density at radius 3 is 2.57 bits per heavy atom. The predicted molar refractivity (Wildman–Crippen MR) is 113 cm³/mol. The molecule has 6 rings (SSSR count). The highest BCUT2D eigenvalue weighted by Gasteiger charge is 2.35. The van der Waals surface area contributed by atoms with Crippen molar-refractivity contribution >= 4 is 11.0 Å². The van der Waals surface area contributed by atoms with Crippen molar-refractivity contribution in [2.24, 2.45) is 7.05 Å². The van der Waals surface area contributed by atoms with Crippen LogP contribution in [0.25, 0.3) is 33.4 Å². The second-order valence-corrected chi connectivity index (χ2v) is 8.50. The Morgan fingerprint density at radius 2 is 1.83 bits per heavy atom. The molecule has 5 heterocycles. The molecule has 1 aromatic carbocycles. The minimum absolute atomic E-state index is 0.173. The Labute approximate surface area is 173 Å². The average molecular weight is 401 g/mol. The summed E-state index contributed by atoms with van der Waals surface area (Å²) in [6.45, 7) is 0. The predicted octanol–water partition coefficient (Wildman–Crippen LogP) is 3.05. The molecular weight excluding hydrogens is 378 g/mol. The van der Waals surface area contributed by atoms with Gasteiger partial charge in [-0.2, -0.15) is 10.2 Å². The molecule has 0 spiro atoms. The molecule has 2 bridgehead atoms. The summed E-state index contributed by atoms with van der Waals surface area (Å²) in [6, 6.07) is 9.10. The standard InChI is InChI=1S/C22H23N7O/c1-28-12-15(11-23-28)13-2-5-19(21(30)7-13)20-6-14-10-24-29(22(14)27-26-20)18-8-16-3-4-17(9-18)25-16/h2,5-7,10-12,16-18,25,30H,3-4,8-9H2,1H3/t16-,17+,18?. The molecule has 3 aromatic heterocycles. The number of hydrogen-bond donors (Lipinski definition) is 2. The fourth-order valence-corrected chi connectivity index (χ4v) is 4.98. The van der Waals surface area contributed by atoms with Gasteiger partial charge in [0.1, 0.15) is 5.75 Å². The molecule has 152 valence electrons. The van der Waals surface area contributed by atoms with E-state index >= 15 is 0 Å². The van der Waals surface area contributed by atoms with Crippen molar-refractivity contribution in [1.82, 2.24) is 35.1 Å². The van der Waals surface area contributed by atoms with Crippen molar-refractivity contribution in [3.63, 3.8) is 0 Å². The van der Waals surface area contributed by atoms with Crippen LogP contribution in [0.1, 0.15) is 31.7 Å². The van der Waals surface area contributed by atoms with Gasteiger partial charge in [-0.3, -0.25) is 4.68 Å². The van der Waals surface area contributed by atoms with E-state index in [1.54, 1.807) is 16.9 Å². The molecular formula is C22H23N7O. The van der Waals surface area contributed by atoms with Crippen LogP contribution in [0.2, 0.25) is 0 Å². The number of aryl methyl sites for hydroxylation is 1. The van der Waals surface area contributed by atoms with Crippen LogP contribution in [0.3, 0.4) is 0 Å². The second-order valence-electron chi connectivity index (χ2n) is 8.50. The first kappa shape index (κ1) is 17.6. The van der Waals surface area contributed by atoms with Crippen LogP contribution in [0.15, 0.2) is 42.9 Å². The fraction of sp³-hybridized carbons (Fsp3) is 0.364. The summed E-state index contributed by atoms with van der Waals surface area (Å²) in [4.78, 5) is 0.